The second kappa shape index (κ2) is 6.38. The summed E-state index contributed by atoms with van der Waals surface area (Å²) in [6, 6.07) is 8.93. The zero-order valence-corrected chi connectivity index (χ0v) is 13.5. The number of hydrogen-bond donors (Lipinski definition) is 0. The maximum absolute atomic E-state index is 12.6. The molecule has 0 bridgehead atoms. The largest absolute Gasteiger partial charge is 0.467 e. The highest BCUT2D eigenvalue weighted by molar-refractivity contribution is 5.82. The fourth-order valence-electron chi connectivity index (χ4n) is 2.75. The van der Waals surface area contributed by atoms with Crippen molar-refractivity contribution < 1.29 is 19.1 Å². The van der Waals surface area contributed by atoms with Crippen molar-refractivity contribution in [2.45, 2.75) is 51.3 Å². The maximum atomic E-state index is 12.6. The molecule has 0 aromatic heterocycles. The van der Waals surface area contributed by atoms with Gasteiger partial charge in [-0.15, -0.1) is 0 Å². The van der Waals surface area contributed by atoms with E-state index in [1.165, 1.54) is 12.0 Å². The van der Waals surface area contributed by atoms with E-state index in [1.54, 1.807) is 0 Å². The Bertz CT molecular complexity index is 535. The lowest BCUT2D eigenvalue weighted by Crippen LogP contribution is -2.44. The number of hydrogen-bond acceptors (Lipinski definition) is 4. The van der Waals surface area contributed by atoms with E-state index >= 15 is 0 Å². The first-order chi connectivity index (χ1) is 10.3. The molecular weight excluding hydrogens is 282 g/mol. The Morgan fingerprint density at radius 3 is 2.32 bits per heavy atom. The maximum Gasteiger partial charge on any atom is 0.411 e. The lowest BCUT2D eigenvalue weighted by atomic mass is 10.1. The molecule has 1 aromatic rings. The molecule has 1 aliphatic rings. The molecule has 1 saturated heterocycles. The van der Waals surface area contributed by atoms with Gasteiger partial charge in [-0.2, -0.15) is 0 Å². The fraction of sp³-hybridized carbons (Fsp3) is 0.529. The lowest BCUT2D eigenvalue weighted by molar-refractivity contribution is -0.146. The van der Waals surface area contributed by atoms with Crippen molar-refractivity contribution in [3.05, 3.63) is 35.9 Å². The number of carbonyl (C=O) groups excluding carboxylic acids is 2. The van der Waals surface area contributed by atoms with Crippen LogP contribution in [0.4, 0.5) is 4.79 Å². The van der Waals surface area contributed by atoms with Crippen molar-refractivity contribution in [3.8, 4) is 0 Å². The summed E-state index contributed by atoms with van der Waals surface area (Å²) < 4.78 is 10.3. The summed E-state index contributed by atoms with van der Waals surface area (Å²) in [6.07, 6.45) is 0.809. The zero-order chi connectivity index (χ0) is 16.3. The lowest BCUT2D eigenvalue weighted by Gasteiger charge is -2.31. The predicted molar refractivity (Wildman–Crippen MR) is 82.3 cm³/mol. The van der Waals surface area contributed by atoms with Gasteiger partial charge in [-0.1, -0.05) is 30.3 Å². The summed E-state index contributed by atoms with van der Waals surface area (Å²) in [4.78, 5) is 26.1. The van der Waals surface area contributed by atoms with Gasteiger partial charge in [-0.05, 0) is 39.2 Å². The monoisotopic (exact) mass is 305 g/mol. The number of amides is 1. The van der Waals surface area contributed by atoms with Gasteiger partial charge in [0.05, 0.1) is 13.2 Å². The second-order valence-corrected chi connectivity index (χ2v) is 6.43. The van der Waals surface area contributed by atoms with Crippen molar-refractivity contribution in [2.75, 3.05) is 7.11 Å². The van der Waals surface area contributed by atoms with Crippen LogP contribution in [0.2, 0.25) is 0 Å². The number of likely N-dealkylation sites (tertiary alicyclic amines) is 1. The Morgan fingerprint density at radius 2 is 1.77 bits per heavy atom. The molecule has 1 heterocycles. The minimum Gasteiger partial charge on any atom is -0.467 e. The van der Waals surface area contributed by atoms with E-state index in [9.17, 15) is 9.59 Å². The molecule has 5 heteroatoms. The summed E-state index contributed by atoms with van der Waals surface area (Å²) in [5.41, 5.74) is 0.390. The minimum atomic E-state index is -0.610. The van der Waals surface area contributed by atoms with Crippen LogP contribution >= 0.6 is 0 Å². The van der Waals surface area contributed by atoms with Crippen molar-refractivity contribution in [3.63, 3.8) is 0 Å². The first-order valence-corrected chi connectivity index (χ1v) is 7.47. The van der Waals surface area contributed by atoms with Crippen LogP contribution in [0.15, 0.2) is 30.3 Å². The number of benzene rings is 1. The van der Waals surface area contributed by atoms with Crippen molar-refractivity contribution in [1.29, 1.82) is 0 Å². The second-order valence-electron chi connectivity index (χ2n) is 6.43. The molecule has 120 valence electrons. The Hall–Kier alpha value is -2.04. The first-order valence-electron chi connectivity index (χ1n) is 7.47. The standard InChI is InChI=1S/C17H23NO4/c1-17(2,3)22-16(20)18-13(12-8-6-5-7-9-12)10-11-14(18)15(19)21-4/h5-9,13-14H,10-11H2,1-4H3/t13-,14-/m0/s1. The first kappa shape index (κ1) is 16.3. The van der Waals surface area contributed by atoms with Crippen LogP contribution in [-0.2, 0) is 14.3 Å². The highest BCUT2D eigenvalue weighted by Crippen LogP contribution is 2.37. The third-order valence-electron chi connectivity index (χ3n) is 3.65. The molecule has 0 spiro atoms. The quantitative estimate of drug-likeness (QED) is 0.787. The third-order valence-corrected chi connectivity index (χ3v) is 3.65. The van der Waals surface area contributed by atoms with E-state index in [-0.39, 0.29) is 6.04 Å². The van der Waals surface area contributed by atoms with Crippen molar-refractivity contribution >= 4 is 12.1 Å². The molecule has 1 aromatic carbocycles. The molecule has 2 rings (SSSR count). The molecule has 1 amide bonds. The highest BCUT2D eigenvalue weighted by atomic mass is 16.6. The van der Waals surface area contributed by atoms with Gasteiger partial charge < -0.3 is 9.47 Å². The topological polar surface area (TPSA) is 55.8 Å². The van der Waals surface area contributed by atoms with Gasteiger partial charge in [0.2, 0.25) is 0 Å². The molecule has 0 N–H and O–H groups in total. The summed E-state index contributed by atoms with van der Waals surface area (Å²) >= 11 is 0. The van der Waals surface area contributed by atoms with Gasteiger partial charge in [-0.3, -0.25) is 4.90 Å². The molecule has 0 radical (unpaired) electrons. The number of methoxy groups -OCH3 is 1. The van der Waals surface area contributed by atoms with E-state index < -0.39 is 23.7 Å². The Balaban J connectivity index is 2.30. The van der Waals surface area contributed by atoms with Crippen LogP contribution in [0.1, 0.15) is 45.2 Å². The number of rotatable bonds is 2. The van der Waals surface area contributed by atoms with Crippen LogP contribution in [0, 0.1) is 0 Å². The van der Waals surface area contributed by atoms with Crippen LogP contribution in [0.5, 0.6) is 0 Å². The van der Waals surface area contributed by atoms with Gasteiger partial charge in [0.15, 0.2) is 0 Å². The van der Waals surface area contributed by atoms with E-state index in [2.05, 4.69) is 0 Å². The molecule has 1 aliphatic heterocycles. The third kappa shape index (κ3) is 3.59. The summed E-state index contributed by atoms with van der Waals surface area (Å²) in [5, 5.41) is 0. The molecule has 0 saturated carbocycles. The summed E-state index contributed by atoms with van der Waals surface area (Å²) in [7, 11) is 1.34. The number of nitrogens with zero attached hydrogens (tertiary/aromatic N) is 1. The van der Waals surface area contributed by atoms with Crippen molar-refractivity contribution in [2.24, 2.45) is 0 Å². The Labute approximate surface area is 131 Å². The predicted octanol–water partition coefficient (Wildman–Crippen LogP) is 3.30. The van der Waals surface area contributed by atoms with Gasteiger partial charge in [0.25, 0.3) is 0 Å². The van der Waals surface area contributed by atoms with Crippen molar-refractivity contribution in [1.82, 2.24) is 4.90 Å². The molecule has 1 fully saturated rings. The Kier molecular flexibility index (Phi) is 4.74. The van der Waals surface area contributed by atoms with Gasteiger partial charge in [-0.25, -0.2) is 9.59 Å². The number of carbonyl (C=O) groups is 2. The molecule has 0 aliphatic carbocycles. The number of ether oxygens (including phenoxy) is 2. The molecule has 22 heavy (non-hydrogen) atoms. The molecule has 0 unspecified atom stereocenters. The smallest absolute Gasteiger partial charge is 0.411 e. The molecular formula is C17H23NO4. The molecule has 5 nitrogen and oxygen atoms in total. The van der Waals surface area contributed by atoms with Gasteiger partial charge in [0.1, 0.15) is 11.6 Å². The van der Waals surface area contributed by atoms with E-state index in [4.69, 9.17) is 9.47 Å². The van der Waals surface area contributed by atoms with Gasteiger partial charge >= 0.3 is 12.1 Å². The Morgan fingerprint density at radius 1 is 1.14 bits per heavy atom. The normalized spacial score (nSPS) is 21.5. The highest BCUT2D eigenvalue weighted by Gasteiger charge is 2.44. The van der Waals surface area contributed by atoms with E-state index in [1.807, 2.05) is 51.1 Å². The van der Waals surface area contributed by atoms with Gasteiger partial charge in [0, 0.05) is 0 Å². The van der Waals surface area contributed by atoms with Crippen LogP contribution in [0.3, 0.4) is 0 Å². The average Bonchev–Trinajstić information content (AvgIpc) is 2.90. The van der Waals surface area contributed by atoms with Crippen LogP contribution < -0.4 is 0 Å². The SMILES string of the molecule is COC(=O)[C@@H]1CC[C@@H](c2ccccc2)N1C(=O)OC(C)(C)C. The van der Waals surface area contributed by atoms with E-state index in [0.717, 1.165) is 5.56 Å². The van der Waals surface area contributed by atoms with Crippen LogP contribution in [-0.4, -0.2) is 35.7 Å². The van der Waals surface area contributed by atoms with E-state index in [0.29, 0.717) is 12.8 Å². The minimum absolute atomic E-state index is 0.167. The number of esters is 1. The van der Waals surface area contributed by atoms with Crippen LogP contribution in [0.25, 0.3) is 0 Å². The zero-order valence-electron chi connectivity index (χ0n) is 13.5. The molecule has 2 atom stereocenters. The average molecular weight is 305 g/mol. The summed E-state index contributed by atoms with van der Waals surface area (Å²) in [5.74, 6) is -0.399. The summed E-state index contributed by atoms with van der Waals surface area (Å²) in [6.45, 7) is 5.43. The fourth-order valence-corrected chi connectivity index (χ4v) is 2.75.